The second-order valence-electron chi connectivity index (χ2n) is 8.28. The third-order valence-corrected chi connectivity index (χ3v) is 6.80. The lowest BCUT2D eigenvalue weighted by Gasteiger charge is -2.24. The SMILES string of the molecule is Cc1nc(C)c(-c2cc3c(c(NCCN(C)C)n2)C(=O)N([C@@H](C)C2CC2)C3)s1. The van der Waals surface area contributed by atoms with Crippen LogP contribution in [0.3, 0.4) is 0 Å². The zero-order valence-electron chi connectivity index (χ0n) is 17.4. The van der Waals surface area contributed by atoms with Crippen molar-refractivity contribution in [3.63, 3.8) is 0 Å². The lowest BCUT2D eigenvalue weighted by atomic mass is 10.1. The van der Waals surface area contributed by atoms with Gasteiger partial charge in [0, 0.05) is 25.7 Å². The van der Waals surface area contributed by atoms with Gasteiger partial charge >= 0.3 is 0 Å². The number of nitrogens with one attached hydrogen (secondary N) is 1. The average Bonchev–Trinajstić information content (AvgIpc) is 3.35. The van der Waals surface area contributed by atoms with Gasteiger partial charge in [0.1, 0.15) is 5.82 Å². The van der Waals surface area contributed by atoms with E-state index in [9.17, 15) is 4.79 Å². The van der Waals surface area contributed by atoms with Crippen LogP contribution in [0.5, 0.6) is 0 Å². The Morgan fingerprint density at radius 1 is 1.32 bits per heavy atom. The quantitative estimate of drug-likeness (QED) is 0.771. The Morgan fingerprint density at radius 2 is 2.07 bits per heavy atom. The molecule has 0 aromatic carbocycles. The zero-order valence-corrected chi connectivity index (χ0v) is 18.2. The van der Waals surface area contributed by atoms with Gasteiger partial charge in [-0.2, -0.15) is 0 Å². The van der Waals surface area contributed by atoms with Crippen LogP contribution in [0.15, 0.2) is 6.07 Å². The fraction of sp³-hybridized carbons (Fsp3) is 0.571. The number of aryl methyl sites for hydroxylation is 2. The van der Waals surface area contributed by atoms with Crippen molar-refractivity contribution in [2.24, 2.45) is 5.92 Å². The predicted octanol–water partition coefficient (Wildman–Crippen LogP) is 3.55. The molecule has 2 aromatic rings. The third kappa shape index (κ3) is 3.65. The highest BCUT2D eigenvalue weighted by atomic mass is 32.1. The molecule has 28 heavy (non-hydrogen) atoms. The van der Waals surface area contributed by atoms with E-state index in [-0.39, 0.29) is 5.91 Å². The van der Waals surface area contributed by atoms with Crippen molar-refractivity contribution in [1.29, 1.82) is 0 Å². The zero-order chi connectivity index (χ0) is 20.0. The highest BCUT2D eigenvalue weighted by molar-refractivity contribution is 7.15. The molecule has 7 heteroatoms. The molecule has 0 saturated heterocycles. The van der Waals surface area contributed by atoms with Gasteiger partial charge in [0.05, 0.1) is 26.8 Å². The summed E-state index contributed by atoms with van der Waals surface area (Å²) in [5, 5.41) is 4.47. The molecule has 0 radical (unpaired) electrons. The number of anilines is 1. The fourth-order valence-electron chi connectivity index (χ4n) is 3.93. The molecule has 1 aliphatic carbocycles. The molecular formula is C21H29N5OS. The number of pyridine rings is 1. The maximum absolute atomic E-state index is 13.2. The van der Waals surface area contributed by atoms with Gasteiger partial charge in [-0.15, -0.1) is 11.3 Å². The molecule has 0 bridgehead atoms. The maximum Gasteiger partial charge on any atom is 0.258 e. The number of fused-ring (bicyclic) bond motifs is 1. The van der Waals surface area contributed by atoms with Crippen LogP contribution in [0, 0.1) is 19.8 Å². The molecule has 3 heterocycles. The molecule has 150 valence electrons. The summed E-state index contributed by atoms with van der Waals surface area (Å²) in [5.74, 6) is 1.50. The lowest BCUT2D eigenvalue weighted by Crippen LogP contribution is -2.35. The summed E-state index contributed by atoms with van der Waals surface area (Å²) in [6, 6.07) is 2.40. The van der Waals surface area contributed by atoms with Crippen LogP contribution < -0.4 is 5.32 Å². The Bertz CT molecular complexity index is 902. The highest BCUT2D eigenvalue weighted by Gasteiger charge is 2.40. The molecule has 2 aromatic heterocycles. The molecule has 1 aliphatic heterocycles. The molecular weight excluding hydrogens is 370 g/mol. The van der Waals surface area contributed by atoms with Crippen LogP contribution in [0.25, 0.3) is 10.6 Å². The van der Waals surface area contributed by atoms with E-state index >= 15 is 0 Å². The Balaban J connectivity index is 1.71. The van der Waals surface area contributed by atoms with Crippen LogP contribution in [-0.4, -0.2) is 58.9 Å². The average molecular weight is 400 g/mol. The summed E-state index contributed by atoms with van der Waals surface area (Å²) in [6.45, 7) is 8.55. The van der Waals surface area contributed by atoms with Crippen molar-refractivity contribution >= 4 is 23.1 Å². The van der Waals surface area contributed by atoms with Gasteiger partial charge in [-0.25, -0.2) is 9.97 Å². The molecule has 2 aliphatic rings. The summed E-state index contributed by atoms with van der Waals surface area (Å²) in [7, 11) is 4.09. The van der Waals surface area contributed by atoms with E-state index in [4.69, 9.17) is 4.98 Å². The fourth-order valence-corrected chi connectivity index (χ4v) is 4.81. The van der Waals surface area contributed by atoms with Crippen LogP contribution >= 0.6 is 11.3 Å². The smallest absolute Gasteiger partial charge is 0.258 e. The molecule has 6 nitrogen and oxygen atoms in total. The first kappa shape index (κ1) is 19.3. The molecule has 0 spiro atoms. The summed E-state index contributed by atoms with van der Waals surface area (Å²) < 4.78 is 0. The summed E-state index contributed by atoms with van der Waals surface area (Å²) in [4.78, 5) is 27.9. The van der Waals surface area contributed by atoms with Gasteiger partial charge in [-0.05, 0) is 65.3 Å². The summed E-state index contributed by atoms with van der Waals surface area (Å²) in [5.41, 5.74) is 3.76. The number of hydrogen-bond acceptors (Lipinski definition) is 6. The van der Waals surface area contributed by atoms with Crippen molar-refractivity contribution in [2.45, 2.75) is 46.2 Å². The number of amides is 1. The van der Waals surface area contributed by atoms with Crippen molar-refractivity contribution in [3.05, 3.63) is 27.9 Å². The number of rotatable bonds is 7. The number of hydrogen-bond donors (Lipinski definition) is 1. The Kier molecular flexibility index (Phi) is 5.14. The number of carbonyl (C=O) groups is 1. The van der Waals surface area contributed by atoms with Gasteiger partial charge in [0.25, 0.3) is 5.91 Å². The van der Waals surface area contributed by atoms with E-state index in [1.54, 1.807) is 11.3 Å². The lowest BCUT2D eigenvalue weighted by molar-refractivity contribution is 0.0698. The molecule has 1 N–H and O–H groups in total. The van der Waals surface area contributed by atoms with Gasteiger partial charge in [0.15, 0.2) is 0 Å². The van der Waals surface area contributed by atoms with Gasteiger partial charge in [0.2, 0.25) is 0 Å². The van der Waals surface area contributed by atoms with Crippen LogP contribution in [0.4, 0.5) is 5.82 Å². The van der Waals surface area contributed by atoms with Crippen molar-refractivity contribution in [3.8, 4) is 10.6 Å². The van der Waals surface area contributed by atoms with E-state index in [0.717, 1.165) is 51.3 Å². The van der Waals surface area contributed by atoms with Gasteiger partial charge in [-0.3, -0.25) is 4.79 Å². The second-order valence-corrected chi connectivity index (χ2v) is 9.48. The topological polar surface area (TPSA) is 61.4 Å². The predicted molar refractivity (Wildman–Crippen MR) is 114 cm³/mol. The van der Waals surface area contributed by atoms with E-state index in [1.165, 1.54) is 12.8 Å². The number of carbonyl (C=O) groups excluding carboxylic acids is 1. The Labute approximate surface area is 171 Å². The molecule has 0 unspecified atom stereocenters. The second kappa shape index (κ2) is 7.44. The van der Waals surface area contributed by atoms with E-state index in [0.29, 0.717) is 18.5 Å². The van der Waals surface area contributed by atoms with E-state index in [1.807, 2.05) is 32.8 Å². The molecule has 1 amide bonds. The summed E-state index contributed by atoms with van der Waals surface area (Å²) in [6.07, 6.45) is 2.47. The molecule has 4 rings (SSSR count). The summed E-state index contributed by atoms with van der Waals surface area (Å²) >= 11 is 1.66. The number of thiazole rings is 1. The number of aromatic nitrogens is 2. The number of likely N-dealkylation sites (N-methyl/N-ethyl adjacent to an activating group) is 1. The van der Waals surface area contributed by atoms with Crippen LogP contribution in [0.1, 0.15) is 46.4 Å². The normalized spacial score (nSPS) is 17.4. The first-order valence-corrected chi connectivity index (χ1v) is 10.8. The minimum atomic E-state index is 0.123. The van der Waals surface area contributed by atoms with E-state index in [2.05, 4.69) is 28.2 Å². The minimum absolute atomic E-state index is 0.123. The first-order chi connectivity index (χ1) is 13.3. The third-order valence-electron chi connectivity index (χ3n) is 5.70. The van der Waals surface area contributed by atoms with Gasteiger partial charge < -0.3 is 15.1 Å². The molecule has 1 fully saturated rings. The van der Waals surface area contributed by atoms with E-state index < -0.39 is 0 Å². The monoisotopic (exact) mass is 399 g/mol. The Hall–Kier alpha value is -1.99. The molecule has 1 saturated carbocycles. The van der Waals surface area contributed by atoms with Crippen molar-refractivity contribution in [1.82, 2.24) is 19.8 Å². The Morgan fingerprint density at radius 3 is 2.68 bits per heavy atom. The van der Waals surface area contributed by atoms with Crippen molar-refractivity contribution < 1.29 is 4.79 Å². The largest absolute Gasteiger partial charge is 0.368 e. The van der Waals surface area contributed by atoms with Crippen molar-refractivity contribution in [2.75, 3.05) is 32.5 Å². The first-order valence-electron chi connectivity index (χ1n) is 10.0. The standard InChI is InChI=1S/C21H29N5OS/c1-12-19(28-14(3)23-12)17-10-16-11-26(13(2)15-6-7-15)21(27)18(16)20(24-17)22-8-9-25(4)5/h10,13,15H,6-9,11H2,1-5H3,(H,22,24)/t13-/m0/s1. The van der Waals surface area contributed by atoms with Gasteiger partial charge in [-0.1, -0.05) is 0 Å². The molecule has 1 atom stereocenters. The van der Waals surface area contributed by atoms with Crippen LogP contribution in [-0.2, 0) is 6.54 Å². The number of nitrogens with zero attached hydrogens (tertiary/aromatic N) is 4. The highest BCUT2D eigenvalue weighted by Crippen LogP contribution is 2.41. The minimum Gasteiger partial charge on any atom is -0.368 e. The van der Waals surface area contributed by atoms with Crippen LogP contribution in [0.2, 0.25) is 0 Å². The maximum atomic E-state index is 13.2.